The largest absolute Gasteiger partial charge is 0.497 e. The third-order valence-electron chi connectivity index (χ3n) is 4.95. The van der Waals surface area contributed by atoms with Gasteiger partial charge >= 0.3 is 0 Å². The van der Waals surface area contributed by atoms with Crippen molar-refractivity contribution in [3.63, 3.8) is 0 Å². The summed E-state index contributed by atoms with van der Waals surface area (Å²) in [6, 6.07) is 17.4. The number of para-hydroxylation sites is 1. The number of anilines is 1. The van der Waals surface area contributed by atoms with Crippen LogP contribution in [-0.4, -0.2) is 37.4 Å². The zero-order chi connectivity index (χ0) is 21.4. The van der Waals surface area contributed by atoms with Crippen molar-refractivity contribution in [2.24, 2.45) is 0 Å². The molecule has 0 radical (unpaired) electrons. The predicted molar refractivity (Wildman–Crippen MR) is 119 cm³/mol. The number of nitrogens with zero attached hydrogens (tertiary/aromatic N) is 5. The lowest BCUT2D eigenvalue weighted by molar-refractivity contribution is 0.102. The van der Waals surface area contributed by atoms with Gasteiger partial charge in [-0.2, -0.15) is 10.1 Å². The van der Waals surface area contributed by atoms with Crippen LogP contribution in [0.2, 0.25) is 0 Å². The molecule has 0 aliphatic rings. The first-order valence-corrected chi connectivity index (χ1v) is 10.4. The minimum Gasteiger partial charge on any atom is -0.497 e. The number of hydrogen-bond donors (Lipinski definition) is 1. The smallest absolute Gasteiger partial charge is 0.261 e. The molecular weight excluding hydrogens is 412 g/mol. The van der Waals surface area contributed by atoms with E-state index in [0.29, 0.717) is 10.5 Å². The molecule has 3 aromatic heterocycles. The number of aromatic nitrogens is 5. The van der Waals surface area contributed by atoms with Crippen LogP contribution in [0, 0.1) is 6.92 Å². The molecular formula is C22H18N6O2S. The van der Waals surface area contributed by atoms with Crippen molar-refractivity contribution in [2.45, 2.75) is 6.92 Å². The maximum atomic E-state index is 12.8. The summed E-state index contributed by atoms with van der Waals surface area (Å²) in [5.74, 6) is 0.732. The normalized spacial score (nSPS) is 11.0. The standard InChI is InChI=1S/C22H18N6O2S/c1-14-18(12-23-27(14)16-6-4-3-5-7-16)20(29)24-21-25-22-28(26-21)19(13-31-22)15-8-10-17(30-2)11-9-15/h3-13H,1-2H3,(H,24,26,29). The molecule has 0 bridgehead atoms. The second-order valence-corrected chi connectivity index (χ2v) is 7.66. The highest BCUT2D eigenvalue weighted by Gasteiger charge is 2.18. The lowest BCUT2D eigenvalue weighted by Gasteiger charge is -2.05. The van der Waals surface area contributed by atoms with Gasteiger partial charge in [-0.15, -0.1) is 16.4 Å². The zero-order valence-electron chi connectivity index (χ0n) is 16.8. The van der Waals surface area contributed by atoms with E-state index in [0.717, 1.165) is 28.4 Å². The van der Waals surface area contributed by atoms with Crippen molar-refractivity contribution in [3.8, 4) is 22.7 Å². The first-order valence-electron chi connectivity index (χ1n) is 9.54. The number of amides is 1. The molecule has 1 N–H and O–H groups in total. The van der Waals surface area contributed by atoms with Crippen LogP contribution in [0.15, 0.2) is 66.2 Å². The quantitative estimate of drug-likeness (QED) is 0.451. The number of fused-ring (bicyclic) bond motifs is 1. The molecule has 31 heavy (non-hydrogen) atoms. The van der Waals surface area contributed by atoms with E-state index >= 15 is 0 Å². The molecule has 9 heteroatoms. The molecule has 0 saturated heterocycles. The van der Waals surface area contributed by atoms with Crippen LogP contribution in [0.25, 0.3) is 21.9 Å². The summed E-state index contributed by atoms with van der Waals surface area (Å²) in [6.07, 6.45) is 1.55. The summed E-state index contributed by atoms with van der Waals surface area (Å²) in [5.41, 5.74) is 3.98. The summed E-state index contributed by atoms with van der Waals surface area (Å²) >= 11 is 1.46. The first kappa shape index (κ1) is 19.0. The molecule has 0 fully saturated rings. The van der Waals surface area contributed by atoms with Gasteiger partial charge in [-0.3, -0.25) is 10.1 Å². The van der Waals surface area contributed by atoms with Gasteiger partial charge < -0.3 is 4.74 Å². The van der Waals surface area contributed by atoms with E-state index in [2.05, 4.69) is 20.5 Å². The second kappa shape index (κ2) is 7.69. The van der Waals surface area contributed by atoms with Gasteiger partial charge in [0.1, 0.15) is 5.75 Å². The Morgan fingerprint density at radius 2 is 1.87 bits per heavy atom. The van der Waals surface area contributed by atoms with Crippen LogP contribution >= 0.6 is 11.3 Å². The molecule has 0 aliphatic carbocycles. The van der Waals surface area contributed by atoms with E-state index in [1.165, 1.54) is 11.3 Å². The lowest BCUT2D eigenvalue weighted by Crippen LogP contribution is -2.14. The van der Waals surface area contributed by atoms with Gasteiger partial charge in [-0.25, -0.2) is 9.20 Å². The van der Waals surface area contributed by atoms with Gasteiger partial charge in [-0.05, 0) is 43.3 Å². The van der Waals surface area contributed by atoms with Crippen molar-refractivity contribution in [1.29, 1.82) is 0 Å². The fraction of sp³-hybridized carbons (Fsp3) is 0.0909. The highest BCUT2D eigenvalue weighted by atomic mass is 32.1. The Bertz CT molecular complexity index is 1370. The third-order valence-corrected chi connectivity index (χ3v) is 5.76. The second-order valence-electron chi connectivity index (χ2n) is 6.82. The number of nitrogens with one attached hydrogen (secondary N) is 1. The fourth-order valence-electron chi connectivity index (χ4n) is 3.33. The van der Waals surface area contributed by atoms with Crippen molar-refractivity contribution in [3.05, 3.63) is 77.4 Å². The maximum absolute atomic E-state index is 12.8. The number of carbonyl (C=O) groups is 1. The molecule has 5 rings (SSSR count). The number of carbonyl (C=O) groups excluding carboxylic acids is 1. The summed E-state index contributed by atoms with van der Waals surface area (Å²) < 4.78 is 8.67. The number of benzene rings is 2. The number of hydrogen-bond acceptors (Lipinski definition) is 6. The average molecular weight is 430 g/mol. The molecule has 0 spiro atoms. The minimum atomic E-state index is -0.302. The van der Waals surface area contributed by atoms with Crippen LogP contribution in [-0.2, 0) is 0 Å². The number of rotatable bonds is 5. The fourth-order valence-corrected chi connectivity index (χ4v) is 4.16. The molecule has 154 valence electrons. The number of methoxy groups -OCH3 is 1. The van der Waals surface area contributed by atoms with Gasteiger partial charge in [0.05, 0.1) is 35.9 Å². The van der Waals surface area contributed by atoms with Crippen molar-refractivity contribution in [2.75, 3.05) is 12.4 Å². The van der Waals surface area contributed by atoms with E-state index in [4.69, 9.17) is 4.74 Å². The molecule has 0 saturated carbocycles. The molecule has 0 aliphatic heterocycles. The van der Waals surface area contributed by atoms with E-state index < -0.39 is 0 Å². The van der Waals surface area contributed by atoms with Gasteiger partial charge in [-0.1, -0.05) is 18.2 Å². The molecule has 8 nitrogen and oxygen atoms in total. The summed E-state index contributed by atoms with van der Waals surface area (Å²) in [7, 11) is 1.63. The van der Waals surface area contributed by atoms with Crippen LogP contribution in [0.4, 0.5) is 5.95 Å². The highest BCUT2D eigenvalue weighted by molar-refractivity contribution is 7.15. The van der Waals surface area contributed by atoms with Crippen molar-refractivity contribution >= 4 is 28.2 Å². The van der Waals surface area contributed by atoms with Crippen LogP contribution < -0.4 is 10.1 Å². The van der Waals surface area contributed by atoms with E-state index in [-0.39, 0.29) is 11.9 Å². The molecule has 5 aromatic rings. The van der Waals surface area contributed by atoms with Crippen LogP contribution in [0.1, 0.15) is 16.1 Å². The van der Waals surface area contributed by atoms with E-state index in [1.807, 2.05) is 66.9 Å². The monoisotopic (exact) mass is 430 g/mol. The Kier molecular flexibility index (Phi) is 4.72. The SMILES string of the molecule is COc1ccc(-c2csc3nc(NC(=O)c4cnn(-c5ccccc5)c4C)nn23)cc1. The highest BCUT2D eigenvalue weighted by Crippen LogP contribution is 2.27. The van der Waals surface area contributed by atoms with E-state index in [1.54, 1.807) is 22.5 Å². The molecule has 1 amide bonds. The summed E-state index contributed by atoms with van der Waals surface area (Å²) in [4.78, 5) is 18.0. The Morgan fingerprint density at radius 1 is 1.10 bits per heavy atom. The zero-order valence-corrected chi connectivity index (χ0v) is 17.6. The van der Waals surface area contributed by atoms with Gasteiger partial charge in [0.25, 0.3) is 11.9 Å². The average Bonchev–Trinajstić information content (AvgIpc) is 3.48. The number of thiazole rings is 1. The van der Waals surface area contributed by atoms with Crippen molar-refractivity contribution < 1.29 is 9.53 Å². The topological polar surface area (TPSA) is 86.3 Å². The van der Waals surface area contributed by atoms with Gasteiger partial charge in [0.15, 0.2) is 0 Å². The van der Waals surface area contributed by atoms with Crippen molar-refractivity contribution in [1.82, 2.24) is 24.4 Å². The minimum absolute atomic E-state index is 0.249. The lowest BCUT2D eigenvalue weighted by atomic mass is 10.2. The Balaban J connectivity index is 1.40. The van der Waals surface area contributed by atoms with E-state index in [9.17, 15) is 4.79 Å². The van der Waals surface area contributed by atoms with Crippen LogP contribution in [0.5, 0.6) is 5.75 Å². The third kappa shape index (κ3) is 3.44. The Morgan fingerprint density at radius 3 is 2.61 bits per heavy atom. The molecule has 3 heterocycles. The summed E-state index contributed by atoms with van der Waals surface area (Å²) in [6.45, 7) is 1.86. The summed E-state index contributed by atoms with van der Waals surface area (Å²) in [5, 5.41) is 13.6. The van der Waals surface area contributed by atoms with Crippen LogP contribution in [0.3, 0.4) is 0 Å². The Hall–Kier alpha value is -3.98. The van der Waals surface area contributed by atoms with Gasteiger partial charge in [0.2, 0.25) is 4.96 Å². The Labute approximate surface area is 181 Å². The maximum Gasteiger partial charge on any atom is 0.261 e. The predicted octanol–water partition coefficient (Wildman–Crippen LogP) is 4.21. The molecule has 0 atom stereocenters. The van der Waals surface area contributed by atoms with Gasteiger partial charge in [0, 0.05) is 10.9 Å². The molecule has 2 aromatic carbocycles. The first-order chi connectivity index (χ1) is 15.1. The number of ether oxygens (including phenoxy) is 1. The molecule has 0 unspecified atom stereocenters.